The number of aromatic nitrogens is 5. The van der Waals surface area contributed by atoms with Crippen LogP contribution in [0.25, 0.3) is 11.5 Å². The van der Waals surface area contributed by atoms with Crippen LogP contribution in [-0.2, 0) is 14.8 Å². The third kappa shape index (κ3) is 3.36. The molecule has 0 aliphatic carbocycles. The molecule has 0 spiro atoms. The van der Waals surface area contributed by atoms with E-state index in [1.807, 2.05) is 0 Å². The summed E-state index contributed by atoms with van der Waals surface area (Å²) in [7, 11) is -4.60. The highest BCUT2D eigenvalue weighted by Gasteiger charge is 2.24. The molecule has 0 atom stereocenters. The number of halogens is 3. The van der Waals surface area contributed by atoms with Gasteiger partial charge in [0.05, 0.1) is 0 Å². The minimum absolute atomic E-state index is 0.0992. The van der Waals surface area contributed by atoms with Crippen LogP contribution in [0.5, 0.6) is 0 Å². The number of hydrogen-bond acceptors (Lipinski definition) is 7. The van der Waals surface area contributed by atoms with E-state index in [-0.39, 0.29) is 16.7 Å². The van der Waals surface area contributed by atoms with Crippen LogP contribution in [0.15, 0.2) is 35.7 Å². The molecule has 13 heteroatoms. The van der Waals surface area contributed by atoms with Crippen molar-refractivity contribution >= 4 is 33.7 Å². The molecule has 134 valence electrons. The fourth-order valence-electron chi connectivity index (χ4n) is 1.92. The summed E-state index contributed by atoms with van der Waals surface area (Å²) in [5.41, 5.74) is -1.03. The van der Waals surface area contributed by atoms with Crippen molar-refractivity contribution in [2.75, 3.05) is 4.72 Å². The summed E-state index contributed by atoms with van der Waals surface area (Å²) in [5, 5.41) is 2.42. The molecular formula is C13H7ClF2N6O3S. The van der Waals surface area contributed by atoms with Gasteiger partial charge < -0.3 is 0 Å². The second-order valence-corrected chi connectivity index (χ2v) is 6.66. The Balaban J connectivity index is 2.07. The lowest BCUT2D eigenvalue weighted by Gasteiger charge is -2.09. The maximum atomic E-state index is 13.7. The van der Waals surface area contributed by atoms with Gasteiger partial charge in [0.15, 0.2) is 5.82 Å². The minimum atomic E-state index is -4.60. The lowest BCUT2D eigenvalue weighted by molar-refractivity contribution is 0.541. The number of para-hydroxylation sites is 1. The average Bonchev–Trinajstić information content (AvgIpc) is 3.06. The Labute approximate surface area is 149 Å². The zero-order valence-corrected chi connectivity index (χ0v) is 14.0. The molecule has 0 radical (unpaired) electrons. The summed E-state index contributed by atoms with van der Waals surface area (Å²) in [6, 6.07) is 3.96. The average molecular weight is 401 g/mol. The molecular weight excluding hydrogens is 394 g/mol. The quantitative estimate of drug-likeness (QED) is 0.391. The van der Waals surface area contributed by atoms with Gasteiger partial charge in [0.25, 0.3) is 15.2 Å². The Morgan fingerprint density at radius 3 is 2.54 bits per heavy atom. The monoisotopic (exact) mass is 400 g/mol. The summed E-state index contributed by atoms with van der Waals surface area (Å²) < 4.78 is 54.7. The van der Waals surface area contributed by atoms with E-state index in [1.165, 1.54) is 0 Å². The summed E-state index contributed by atoms with van der Waals surface area (Å²) in [6.07, 6.45) is 1.36. The van der Waals surface area contributed by atoms with Crippen molar-refractivity contribution in [1.82, 2.24) is 24.7 Å². The second kappa shape index (κ2) is 6.72. The summed E-state index contributed by atoms with van der Waals surface area (Å²) >= 11 is 5.80. The molecule has 1 aromatic carbocycles. The first kappa shape index (κ1) is 17.8. The highest BCUT2D eigenvalue weighted by Crippen LogP contribution is 2.23. The molecule has 2 aromatic heterocycles. The van der Waals surface area contributed by atoms with Crippen LogP contribution in [0.3, 0.4) is 0 Å². The Kier molecular flexibility index (Phi) is 4.61. The number of benzene rings is 1. The second-order valence-electron chi connectivity index (χ2n) is 4.69. The van der Waals surface area contributed by atoms with Gasteiger partial charge >= 0.3 is 0 Å². The van der Waals surface area contributed by atoms with Crippen LogP contribution < -0.4 is 4.72 Å². The van der Waals surface area contributed by atoms with Crippen LogP contribution >= 0.6 is 11.6 Å². The number of hydrogen-bond donors (Lipinski definition) is 1. The summed E-state index contributed by atoms with van der Waals surface area (Å²) in [4.78, 5) is 22.0. The molecule has 2 heterocycles. The van der Waals surface area contributed by atoms with E-state index >= 15 is 0 Å². The van der Waals surface area contributed by atoms with Crippen LogP contribution in [0, 0.1) is 11.6 Å². The normalized spacial score (nSPS) is 11.3. The molecule has 0 aliphatic rings. The highest BCUT2D eigenvalue weighted by atomic mass is 35.5. The standard InChI is InChI=1S/C13H7ClF2N6O3S/c14-10-4-9(12-17-5-18-22(12)6-23)19-13(20-10)26(24,25)21-11-7(15)2-1-3-8(11)16/h1-6,21H. The molecule has 3 aromatic rings. The fourth-order valence-corrected chi connectivity index (χ4v) is 3.14. The van der Waals surface area contributed by atoms with Crippen molar-refractivity contribution in [2.24, 2.45) is 0 Å². The number of carbonyl (C=O) groups is 1. The van der Waals surface area contributed by atoms with Gasteiger partial charge in [-0.2, -0.15) is 18.2 Å². The van der Waals surface area contributed by atoms with Gasteiger partial charge in [-0.15, -0.1) is 0 Å². The lowest BCUT2D eigenvalue weighted by atomic mass is 10.3. The van der Waals surface area contributed by atoms with Gasteiger partial charge in [0, 0.05) is 6.07 Å². The smallest absolute Gasteiger partial charge is 0.276 e. The van der Waals surface area contributed by atoms with Crippen molar-refractivity contribution in [1.29, 1.82) is 0 Å². The number of carbonyl (C=O) groups excluding carboxylic acids is 1. The van der Waals surface area contributed by atoms with Gasteiger partial charge in [-0.3, -0.25) is 9.52 Å². The third-order valence-corrected chi connectivity index (χ3v) is 4.35. The fraction of sp³-hybridized carbons (Fsp3) is 0. The van der Waals surface area contributed by atoms with E-state index in [9.17, 15) is 22.0 Å². The lowest BCUT2D eigenvalue weighted by Crippen LogP contribution is -2.18. The van der Waals surface area contributed by atoms with Crippen molar-refractivity contribution in [3.8, 4) is 11.5 Å². The van der Waals surface area contributed by atoms with Crippen molar-refractivity contribution in [3.05, 3.63) is 47.4 Å². The van der Waals surface area contributed by atoms with E-state index in [0.29, 0.717) is 6.41 Å². The van der Waals surface area contributed by atoms with Gasteiger partial charge in [0.1, 0.15) is 34.5 Å². The van der Waals surface area contributed by atoms with Crippen LogP contribution in [0.4, 0.5) is 14.5 Å². The Morgan fingerprint density at radius 1 is 1.19 bits per heavy atom. The molecule has 26 heavy (non-hydrogen) atoms. The Morgan fingerprint density at radius 2 is 1.88 bits per heavy atom. The van der Waals surface area contributed by atoms with Gasteiger partial charge in [0.2, 0.25) is 6.41 Å². The summed E-state index contributed by atoms with van der Waals surface area (Å²) in [6.45, 7) is 0. The number of sulfonamides is 1. The molecule has 0 aliphatic heterocycles. The van der Waals surface area contributed by atoms with E-state index in [2.05, 4.69) is 20.1 Å². The predicted molar refractivity (Wildman–Crippen MR) is 85.4 cm³/mol. The van der Waals surface area contributed by atoms with Crippen molar-refractivity contribution in [3.63, 3.8) is 0 Å². The number of rotatable bonds is 5. The van der Waals surface area contributed by atoms with E-state index < -0.39 is 32.5 Å². The third-order valence-electron chi connectivity index (χ3n) is 3.02. The SMILES string of the molecule is O=Cn1ncnc1-c1cc(Cl)nc(S(=O)(=O)Nc2c(F)cccc2F)n1. The molecule has 1 N–H and O–H groups in total. The first-order valence-corrected chi connectivity index (χ1v) is 8.54. The van der Waals surface area contributed by atoms with Gasteiger partial charge in [-0.1, -0.05) is 17.7 Å². The van der Waals surface area contributed by atoms with Crippen LogP contribution in [0.2, 0.25) is 5.15 Å². The minimum Gasteiger partial charge on any atom is -0.276 e. The van der Waals surface area contributed by atoms with E-state index in [1.54, 1.807) is 4.72 Å². The van der Waals surface area contributed by atoms with E-state index in [4.69, 9.17) is 11.6 Å². The van der Waals surface area contributed by atoms with Crippen molar-refractivity contribution < 1.29 is 22.0 Å². The summed E-state index contributed by atoms with van der Waals surface area (Å²) in [5.74, 6) is -2.36. The van der Waals surface area contributed by atoms with Crippen LogP contribution in [-0.4, -0.2) is 39.6 Å². The molecule has 0 unspecified atom stereocenters. The van der Waals surface area contributed by atoms with E-state index in [0.717, 1.165) is 35.3 Å². The van der Waals surface area contributed by atoms with Gasteiger partial charge in [-0.05, 0) is 12.1 Å². The number of anilines is 1. The zero-order chi connectivity index (χ0) is 18.9. The van der Waals surface area contributed by atoms with Crippen molar-refractivity contribution in [2.45, 2.75) is 5.16 Å². The topological polar surface area (TPSA) is 120 Å². The first-order valence-electron chi connectivity index (χ1n) is 6.68. The maximum absolute atomic E-state index is 13.7. The molecule has 0 fully saturated rings. The number of nitrogens with zero attached hydrogens (tertiary/aromatic N) is 5. The Bertz CT molecular complexity index is 1080. The Hall–Kier alpha value is -2.99. The highest BCUT2D eigenvalue weighted by molar-refractivity contribution is 7.92. The predicted octanol–water partition coefficient (Wildman–Crippen LogP) is 1.51. The molecule has 0 amide bonds. The number of nitrogens with one attached hydrogen (secondary N) is 1. The zero-order valence-electron chi connectivity index (χ0n) is 12.5. The molecule has 0 bridgehead atoms. The maximum Gasteiger partial charge on any atom is 0.297 e. The van der Waals surface area contributed by atoms with Crippen LogP contribution in [0.1, 0.15) is 0 Å². The molecule has 0 saturated carbocycles. The molecule has 9 nitrogen and oxygen atoms in total. The molecule has 0 saturated heterocycles. The molecule has 3 rings (SSSR count). The largest absolute Gasteiger partial charge is 0.297 e. The first-order chi connectivity index (χ1) is 12.3. The van der Waals surface area contributed by atoms with Gasteiger partial charge in [-0.25, -0.2) is 23.7 Å².